The van der Waals surface area contributed by atoms with Crippen LogP contribution in [0.25, 0.3) is 0 Å². The molecule has 2 nitrogen and oxygen atoms in total. The molecule has 62 valence electrons. The van der Waals surface area contributed by atoms with Crippen LogP contribution in [0.15, 0.2) is 0 Å². The van der Waals surface area contributed by atoms with Crippen molar-refractivity contribution in [1.82, 2.24) is 10.6 Å². The molecule has 10 heavy (non-hydrogen) atoms. The summed E-state index contributed by atoms with van der Waals surface area (Å²) in [6.07, 6.45) is 1.63. The first-order chi connectivity index (χ1) is 4.70. The third-order valence-corrected chi connectivity index (χ3v) is 1.66. The van der Waals surface area contributed by atoms with Gasteiger partial charge in [0.25, 0.3) is 0 Å². The van der Waals surface area contributed by atoms with Crippen molar-refractivity contribution in [2.45, 2.75) is 46.3 Å². The monoisotopic (exact) mass is 144 g/mol. The minimum Gasteiger partial charge on any atom is -0.302 e. The molecule has 0 aromatic heterocycles. The molecule has 2 heteroatoms. The van der Waals surface area contributed by atoms with Crippen LogP contribution in [-0.4, -0.2) is 18.8 Å². The fourth-order valence-electron chi connectivity index (χ4n) is 0.910. The van der Waals surface area contributed by atoms with Gasteiger partial charge in [-0.05, 0) is 26.8 Å². The summed E-state index contributed by atoms with van der Waals surface area (Å²) < 4.78 is 0. The predicted molar refractivity (Wildman–Crippen MR) is 46.0 cm³/mol. The quantitative estimate of drug-likeness (QED) is 0.569. The van der Waals surface area contributed by atoms with Gasteiger partial charge in [0.1, 0.15) is 0 Å². The van der Waals surface area contributed by atoms with Crippen LogP contribution >= 0.6 is 0 Å². The van der Waals surface area contributed by atoms with Crippen molar-refractivity contribution in [1.29, 1.82) is 0 Å². The number of hydrogen-bond acceptors (Lipinski definition) is 2. The van der Waals surface area contributed by atoms with E-state index in [9.17, 15) is 0 Å². The number of rotatable bonds is 5. The average Bonchev–Trinajstić information content (AvgIpc) is 1.88. The Kier molecular flexibility index (Phi) is 5.64. The molecule has 2 unspecified atom stereocenters. The highest BCUT2D eigenvalue weighted by atomic mass is 15.1. The first-order valence-corrected chi connectivity index (χ1v) is 4.20. The minimum atomic E-state index is 0.444. The Morgan fingerprint density at radius 3 is 2.20 bits per heavy atom. The van der Waals surface area contributed by atoms with E-state index in [1.165, 1.54) is 6.42 Å². The second kappa shape index (κ2) is 5.69. The highest BCUT2D eigenvalue weighted by molar-refractivity contribution is 4.62. The molecule has 0 heterocycles. The van der Waals surface area contributed by atoms with Crippen LogP contribution in [0.4, 0.5) is 0 Å². The highest BCUT2D eigenvalue weighted by Gasteiger charge is 2.01. The van der Waals surface area contributed by atoms with Crippen LogP contribution < -0.4 is 10.6 Å². The van der Waals surface area contributed by atoms with E-state index in [-0.39, 0.29) is 0 Å². The van der Waals surface area contributed by atoms with Gasteiger partial charge in [-0.1, -0.05) is 13.8 Å². The summed E-state index contributed by atoms with van der Waals surface area (Å²) in [6.45, 7) is 9.69. The Bertz CT molecular complexity index is 73.7. The Hall–Kier alpha value is -0.0800. The molecular weight excluding hydrogens is 124 g/mol. The van der Waals surface area contributed by atoms with Crippen molar-refractivity contribution in [3.05, 3.63) is 0 Å². The summed E-state index contributed by atoms with van der Waals surface area (Å²) in [5, 5.41) is 6.72. The summed E-state index contributed by atoms with van der Waals surface area (Å²) >= 11 is 0. The molecule has 0 radical (unpaired) electrons. The molecular formula is C8H20N2. The Balaban J connectivity index is 3.27. The molecule has 2 N–H and O–H groups in total. The minimum absolute atomic E-state index is 0.444. The molecule has 0 bridgehead atoms. The summed E-state index contributed by atoms with van der Waals surface area (Å²) in [5.41, 5.74) is 0. The van der Waals surface area contributed by atoms with Gasteiger partial charge < -0.3 is 5.32 Å². The smallest absolute Gasteiger partial charge is 0.0544 e. The molecule has 2 atom stereocenters. The summed E-state index contributed by atoms with van der Waals surface area (Å²) in [6, 6.07) is 0.619. The largest absolute Gasteiger partial charge is 0.302 e. The third kappa shape index (κ3) is 4.77. The van der Waals surface area contributed by atoms with Crippen LogP contribution in [0.3, 0.4) is 0 Å². The van der Waals surface area contributed by atoms with Crippen molar-refractivity contribution in [2.75, 3.05) is 6.54 Å². The maximum Gasteiger partial charge on any atom is 0.0544 e. The van der Waals surface area contributed by atoms with E-state index >= 15 is 0 Å². The van der Waals surface area contributed by atoms with E-state index in [1.807, 2.05) is 0 Å². The molecule has 0 rings (SSSR count). The zero-order valence-electron chi connectivity index (χ0n) is 7.57. The van der Waals surface area contributed by atoms with Crippen molar-refractivity contribution in [3.8, 4) is 0 Å². The Labute approximate surface area is 64.4 Å². The molecule has 0 aliphatic rings. The van der Waals surface area contributed by atoms with Crippen LogP contribution in [0.5, 0.6) is 0 Å². The van der Waals surface area contributed by atoms with Crippen molar-refractivity contribution in [2.24, 2.45) is 0 Å². The topological polar surface area (TPSA) is 24.1 Å². The Morgan fingerprint density at radius 1 is 1.20 bits per heavy atom. The predicted octanol–water partition coefficient (Wildman–Crippen LogP) is 1.33. The van der Waals surface area contributed by atoms with Crippen molar-refractivity contribution < 1.29 is 0 Å². The van der Waals surface area contributed by atoms with E-state index in [4.69, 9.17) is 0 Å². The molecule has 0 aliphatic heterocycles. The lowest BCUT2D eigenvalue weighted by Crippen LogP contribution is -2.43. The maximum absolute atomic E-state index is 3.42. The molecule has 0 saturated heterocycles. The van der Waals surface area contributed by atoms with Gasteiger partial charge in [0.15, 0.2) is 0 Å². The van der Waals surface area contributed by atoms with Gasteiger partial charge in [0.2, 0.25) is 0 Å². The molecule has 0 amide bonds. The lowest BCUT2D eigenvalue weighted by Gasteiger charge is -2.18. The lowest BCUT2D eigenvalue weighted by molar-refractivity contribution is 0.405. The standard InChI is InChI=1S/C8H20N2/c1-5-7(3)10-8(4)9-6-2/h7-10H,5-6H2,1-4H3. The van der Waals surface area contributed by atoms with Crippen LogP contribution in [0.1, 0.15) is 34.1 Å². The summed E-state index contributed by atoms with van der Waals surface area (Å²) in [7, 11) is 0. The lowest BCUT2D eigenvalue weighted by atomic mass is 10.2. The van der Waals surface area contributed by atoms with E-state index in [0.717, 1.165) is 6.54 Å². The molecule has 0 spiro atoms. The zero-order valence-corrected chi connectivity index (χ0v) is 7.57. The normalized spacial score (nSPS) is 16.8. The number of nitrogens with one attached hydrogen (secondary N) is 2. The van der Waals surface area contributed by atoms with E-state index in [1.54, 1.807) is 0 Å². The van der Waals surface area contributed by atoms with Crippen LogP contribution in [-0.2, 0) is 0 Å². The van der Waals surface area contributed by atoms with E-state index in [0.29, 0.717) is 12.2 Å². The summed E-state index contributed by atoms with van der Waals surface area (Å²) in [4.78, 5) is 0. The van der Waals surface area contributed by atoms with Gasteiger partial charge in [-0.3, -0.25) is 5.32 Å². The first kappa shape index (κ1) is 9.92. The molecule has 0 saturated carbocycles. The van der Waals surface area contributed by atoms with Gasteiger partial charge in [-0.25, -0.2) is 0 Å². The molecule has 0 aliphatic carbocycles. The van der Waals surface area contributed by atoms with Gasteiger partial charge in [0.05, 0.1) is 6.17 Å². The third-order valence-electron chi connectivity index (χ3n) is 1.66. The molecule has 0 aromatic carbocycles. The van der Waals surface area contributed by atoms with Crippen molar-refractivity contribution >= 4 is 0 Å². The van der Waals surface area contributed by atoms with Crippen LogP contribution in [0, 0.1) is 0 Å². The van der Waals surface area contributed by atoms with Gasteiger partial charge >= 0.3 is 0 Å². The Morgan fingerprint density at radius 2 is 1.80 bits per heavy atom. The molecule has 0 aromatic rings. The fourth-order valence-corrected chi connectivity index (χ4v) is 0.910. The second-order valence-electron chi connectivity index (χ2n) is 2.76. The average molecular weight is 144 g/mol. The van der Waals surface area contributed by atoms with Gasteiger partial charge in [0, 0.05) is 6.04 Å². The maximum atomic E-state index is 3.42. The van der Waals surface area contributed by atoms with E-state index in [2.05, 4.69) is 38.3 Å². The number of hydrogen-bond donors (Lipinski definition) is 2. The molecule has 0 fully saturated rings. The van der Waals surface area contributed by atoms with E-state index < -0.39 is 0 Å². The summed E-state index contributed by atoms with van der Waals surface area (Å²) in [5.74, 6) is 0. The SMILES string of the molecule is CCNC(C)NC(C)CC. The zero-order chi connectivity index (χ0) is 7.98. The highest BCUT2D eigenvalue weighted by Crippen LogP contribution is 1.88. The van der Waals surface area contributed by atoms with Crippen LogP contribution in [0.2, 0.25) is 0 Å². The first-order valence-electron chi connectivity index (χ1n) is 4.20. The second-order valence-corrected chi connectivity index (χ2v) is 2.76. The fraction of sp³-hybridized carbons (Fsp3) is 1.00. The van der Waals surface area contributed by atoms with Gasteiger partial charge in [-0.15, -0.1) is 0 Å². The van der Waals surface area contributed by atoms with Gasteiger partial charge in [-0.2, -0.15) is 0 Å². The van der Waals surface area contributed by atoms with Crippen molar-refractivity contribution in [3.63, 3.8) is 0 Å².